The third-order valence-electron chi connectivity index (χ3n) is 4.13. The van der Waals surface area contributed by atoms with E-state index in [9.17, 15) is 18.0 Å². The van der Waals surface area contributed by atoms with Crippen molar-refractivity contribution < 1.29 is 27.1 Å². The minimum Gasteiger partial charge on any atom is -0.467 e. The highest BCUT2D eigenvalue weighted by atomic mass is 35.5. The third-order valence-corrected chi connectivity index (χ3v) is 4.40. The second kappa shape index (κ2) is 9.34. The number of nitrogens with zero attached hydrogens (tertiary/aromatic N) is 3. The molecule has 0 aliphatic heterocycles. The second-order valence-electron chi connectivity index (χ2n) is 6.75. The Balaban J connectivity index is 1.69. The fourth-order valence-corrected chi connectivity index (χ4v) is 2.98. The van der Waals surface area contributed by atoms with Gasteiger partial charge in [-0.3, -0.25) is 9.78 Å². The molecule has 0 spiro atoms. The molecule has 3 rings (SSSR count). The van der Waals surface area contributed by atoms with Gasteiger partial charge in [0, 0.05) is 17.5 Å². The maximum atomic E-state index is 12.7. The maximum Gasteiger partial charge on any atom is 0.422 e. The molecule has 164 valence electrons. The Morgan fingerprint density at radius 2 is 2.06 bits per heavy atom. The SMILES string of the molecule is Cc1cc(C(=O)NC(C)c2cnc(OCC(F)(F)F)c(Cl)c2)cc(Cc2ncco2)n1. The average molecular weight is 455 g/mol. The fraction of sp³-hybridized carbons (Fsp3) is 0.300. The quantitative estimate of drug-likeness (QED) is 0.567. The summed E-state index contributed by atoms with van der Waals surface area (Å²) in [5.41, 5.74) is 2.17. The number of alkyl halides is 3. The molecule has 0 aliphatic carbocycles. The van der Waals surface area contributed by atoms with Crippen molar-refractivity contribution in [3.05, 3.63) is 70.3 Å². The molecule has 0 bridgehead atoms. The van der Waals surface area contributed by atoms with Gasteiger partial charge in [0.15, 0.2) is 12.5 Å². The molecule has 1 N–H and O–H groups in total. The van der Waals surface area contributed by atoms with Gasteiger partial charge in [-0.2, -0.15) is 13.2 Å². The monoisotopic (exact) mass is 454 g/mol. The summed E-state index contributed by atoms with van der Waals surface area (Å²) in [5.74, 6) is -0.214. The Morgan fingerprint density at radius 1 is 1.29 bits per heavy atom. The number of halogens is 4. The van der Waals surface area contributed by atoms with Crippen LogP contribution in [0.2, 0.25) is 5.02 Å². The molecule has 3 aromatic rings. The van der Waals surface area contributed by atoms with Crippen molar-refractivity contribution in [3.8, 4) is 5.88 Å². The van der Waals surface area contributed by atoms with Crippen molar-refractivity contribution in [2.24, 2.45) is 0 Å². The van der Waals surface area contributed by atoms with Gasteiger partial charge in [-0.1, -0.05) is 11.6 Å². The van der Waals surface area contributed by atoms with Crippen LogP contribution in [0.4, 0.5) is 13.2 Å². The van der Waals surface area contributed by atoms with Gasteiger partial charge in [0.1, 0.15) is 11.3 Å². The predicted molar refractivity (Wildman–Crippen MR) is 105 cm³/mol. The summed E-state index contributed by atoms with van der Waals surface area (Å²) in [4.78, 5) is 25.0. The summed E-state index contributed by atoms with van der Waals surface area (Å²) in [6.45, 7) is 1.97. The molecular formula is C20H18ClF3N4O3. The second-order valence-corrected chi connectivity index (χ2v) is 7.15. The van der Waals surface area contributed by atoms with E-state index in [0.29, 0.717) is 34.8 Å². The van der Waals surface area contributed by atoms with Crippen LogP contribution in [0.5, 0.6) is 5.88 Å². The zero-order chi connectivity index (χ0) is 22.6. The highest BCUT2D eigenvalue weighted by Gasteiger charge is 2.29. The Hall–Kier alpha value is -3.14. The Kier molecular flexibility index (Phi) is 6.79. The summed E-state index contributed by atoms with van der Waals surface area (Å²) in [6.07, 6.45) is 0.120. The minimum absolute atomic E-state index is 0.0872. The normalized spacial score (nSPS) is 12.5. The molecule has 7 nitrogen and oxygen atoms in total. The van der Waals surface area contributed by atoms with Crippen molar-refractivity contribution in [2.75, 3.05) is 6.61 Å². The molecule has 1 unspecified atom stereocenters. The highest BCUT2D eigenvalue weighted by Crippen LogP contribution is 2.27. The van der Waals surface area contributed by atoms with Gasteiger partial charge in [-0.15, -0.1) is 0 Å². The summed E-state index contributed by atoms with van der Waals surface area (Å²) in [6, 6.07) is 4.16. The number of oxazole rings is 1. The number of carbonyl (C=O) groups excluding carboxylic acids is 1. The van der Waals surface area contributed by atoms with Crippen LogP contribution in [0.15, 0.2) is 41.3 Å². The number of hydrogen-bond acceptors (Lipinski definition) is 6. The number of amides is 1. The van der Waals surface area contributed by atoms with E-state index in [1.807, 2.05) is 0 Å². The molecule has 0 radical (unpaired) electrons. The van der Waals surface area contributed by atoms with Gasteiger partial charge >= 0.3 is 6.18 Å². The number of carbonyl (C=O) groups is 1. The number of nitrogens with one attached hydrogen (secondary N) is 1. The van der Waals surface area contributed by atoms with Crippen molar-refractivity contribution in [3.63, 3.8) is 0 Å². The standard InChI is InChI=1S/C20H18ClF3N4O3/c1-11-5-13(6-15(27-11)8-17-25-3-4-30-17)18(29)28-12(2)14-7-16(21)19(26-9-14)31-10-20(22,23)24/h3-7,9,12H,8,10H2,1-2H3,(H,28,29). The van der Waals surface area contributed by atoms with E-state index in [1.165, 1.54) is 24.7 Å². The van der Waals surface area contributed by atoms with Crippen LogP contribution in [0.3, 0.4) is 0 Å². The lowest BCUT2D eigenvalue weighted by atomic mass is 10.1. The molecule has 31 heavy (non-hydrogen) atoms. The topological polar surface area (TPSA) is 90.1 Å². The van der Waals surface area contributed by atoms with Gasteiger partial charge in [-0.05, 0) is 37.6 Å². The molecule has 0 saturated carbocycles. The zero-order valence-electron chi connectivity index (χ0n) is 16.5. The van der Waals surface area contributed by atoms with Crippen molar-refractivity contribution in [2.45, 2.75) is 32.5 Å². The van der Waals surface area contributed by atoms with Crippen LogP contribution in [-0.4, -0.2) is 33.6 Å². The molecule has 11 heteroatoms. The average Bonchev–Trinajstić information content (AvgIpc) is 3.18. The number of aromatic nitrogens is 3. The lowest BCUT2D eigenvalue weighted by molar-refractivity contribution is -0.154. The van der Waals surface area contributed by atoms with E-state index in [1.54, 1.807) is 26.0 Å². The Morgan fingerprint density at radius 3 is 2.71 bits per heavy atom. The largest absolute Gasteiger partial charge is 0.467 e. The van der Waals surface area contributed by atoms with Crippen LogP contribution in [-0.2, 0) is 6.42 Å². The number of rotatable bonds is 7. The minimum atomic E-state index is -4.50. The first-order valence-corrected chi connectivity index (χ1v) is 9.50. The van der Waals surface area contributed by atoms with E-state index in [4.69, 9.17) is 16.0 Å². The Bertz CT molecular complexity index is 1060. The van der Waals surface area contributed by atoms with E-state index in [-0.39, 0.29) is 16.8 Å². The maximum absolute atomic E-state index is 12.7. The van der Waals surface area contributed by atoms with Crippen LogP contribution in [0.1, 0.15) is 46.2 Å². The molecule has 0 aliphatic rings. The molecule has 1 amide bonds. The van der Waals surface area contributed by atoms with Crippen LogP contribution in [0, 0.1) is 6.92 Å². The third kappa shape index (κ3) is 6.42. The lowest BCUT2D eigenvalue weighted by Gasteiger charge is -2.16. The number of ether oxygens (including phenoxy) is 1. The van der Waals surface area contributed by atoms with Gasteiger partial charge in [0.2, 0.25) is 5.88 Å². The fourth-order valence-electron chi connectivity index (χ4n) is 2.75. The number of aryl methyl sites for hydroxylation is 1. The number of hydrogen-bond donors (Lipinski definition) is 1. The van der Waals surface area contributed by atoms with Crippen molar-refractivity contribution in [1.29, 1.82) is 0 Å². The van der Waals surface area contributed by atoms with Gasteiger partial charge in [-0.25, -0.2) is 9.97 Å². The molecule has 0 aromatic carbocycles. The summed E-state index contributed by atoms with van der Waals surface area (Å²) in [7, 11) is 0. The van der Waals surface area contributed by atoms with Crippen LogP contribution < -0.4 is 10.1 Å². The van der Waals surface area contributed by atoms with E-state index in [0.717, 1.165) is 0 Å². The summed E-state index contributed by atoms with van der Waals surface area (Å²) in [5, 5.41) is 2.72. The molecule has 1 atom stereocenters. The summed E-state index contributed by atoms with van der Waals surface area (Å²) < 4.78 is 46.7. The molecule has 0 fully saturated rings. The zero-order valence-corrected chi connectivity index (χ0v) is 17.3. The molecule has 0 saturated heterocycles. The predicted octanol–water partition coefficient (Wildman–Crippen LogP) is 4.45. The molecule has 3 aromatic heterocycles. The van der Waals surface area contributed by atoms with Gasteiger partial charge < -0.3 is 14.5 Å². The Labute approximate surface area is 180 Å². The first kappa shape index (κ1) is 22.5. The number of pyridine rings is 2. The first-order valence-electron chi connectivity index (χ1n) is 9.12. The highest BCUT2D eigenvalue weighted by molar-refractivity contribution is 6.31. The van der Waals surface area contributed by atoms with E-state index in [2.05, 4.69) is 25.0 Å². The summed E-state index contributed by atoms with van der Waals surface area (Å²) >= 11 is 5.97. The van der Waals surface area contributed by atoms with Crippen molar-refractivity contribution in [1.82, 2.24) is 20.3 Å². The van der Waals surface area contributed by atoms with Crippen LogP contribution in [0.25, 0.3) is 0 Å². The van der Waals surface area contributed by atoms with Crippen molar-refractivity contribution >= 4 is 17.5 Å². The molecular weight excluding hydrogens is 437 g/mol. The van der Waals surface area contributed by atoms with E-state index >= 15 is 0 Å². The first-order chi connectivity index (χ1) is 14.6. The van der Waals surface area contributed by atoms with Gasteiger partial charge in [0.05, 0.1) is 24.4 Å². The molecule has 3 heterocycles. The van der Waals surface area contributed by atoms with Gasteiger partial charge in [0.25, 0.3) is 5.91 Å². The van der Waals surface area contributed by atoms with E-state index < -0.39 is 18.8 Å². The lowest BCUT2D eigenvalue weighted by Crippen LogP contribution is -2.27. The van der Waals surface area contributed by atoms with Crippen LogP contribution >= 0.6 is 11.6 Å². The smallest absolute Gasteiger partial charge is 0.422 e.